The van der Waals surface area contributed by atoms with Gasteiger partial charge in [0.1, 0.15) is 5.75 Å². The van der Waals surface area contributed by atoms with Crippen molar-refractivity contribution in [3.63, 3.8) is 0 Å². The van der Waals surface area contributed by atoms with Gasteiger partial charge in [-0.15, -0.1) is 0 Å². The summed E-state index contributed by atoms with van der Waals surface area (Å²) in [5.74, 6) is -0.850. The highest BCUT2D eigenvalue weighted by molar-refractivity contribution is 6.39. The zero-order chi connectivity index (χ0) is 19.4. The number of benzene rings is 2. The van der Waals surface area contributed by atoms with Crippen molar-refractivity contribution < 1.29 is 14.3 Å². The summed E-state index contributed by atoms with van der Waals surface area (Å²) in [7, 11) is 1.53. The second-order valence-corrected chi connectivity index (χ2v) is 7.09. The first-order chi connectivity index (χ1) is 13.0. The number of hydrogen-bond acceptors (Lipinski definition) is 3. The molecule has 2 aromatic carbocycles. The minimum absolute atomic E-state index is 0.241. The number of fused-ring (bicyclic) bond motifs is 1. The van der Waals surface area contributed by atoms with Gasteiger partial charge >= 0.3 is 11.8 Å². The SMILES string of the molecule is COc1ccc(C)cc1NC(=O)C(=O)NC(C)c1ccc2c(c1)CCCC2. The van der Waals surface area contributed by atoms with Crippen LogP contribution < -0.4 is 15.4 Å². The zero-order valence-electron chi connectivity index (χ0n) is 16.1. The van der Waals surface area contributed by atoms with Crippen LogP contribution in [0.4, 0.5) is 5.69 Å². The van der Waals surface area contributed by atoms with Crippen molar-refractivity contribution in [2.75, 3.05) is 12.4 Å². The van der Waals surface area contributed by atoms with E-state index in [0.717, 1.165) is 24.0 Å². The first-order valence-corrected chi connectivity index (χ1v) is 9.36. The van der Waals surface area contributed by atoms with E-state index in [1.54, 1.807) is 12.1 Å². The molecule has 0 radical (unpaired) electrons. The lowest BCUT2D eigenvalue weighted by atomic mass is 9.89. The first kappa shape index (κ1) is 19.0. The Hall–Kier alpha value is -2.82. The topological polar surface area (TPSA) is 67.4 Å². The van der Waals surface area contributed by atoms with Crippen LogP contribution in [-0.4, -0.2) is 18.9 Å². The highest BCUT2D eigenvalue weighted by Crippen LogP contribution is 2.26. The first-order valence-electron chi connectivity index (χ1n) is 9.36. The Morgan fingerprint density at radius 3 is 2.48 bits per heavy atom. The molecule has 2 amide bonds. The summed E-state index contributed by atoms with van der Waals surface area (Å²) < 4.78 is 5.24. The quantitative estimate of drug-likeness (QED) is 0.811. The monoisotopic (exact) mass is 366 g/mol. The van der Waals surface area contributed by atoms with Crippen LogP contribution in [-0.2, 0) is 22.4 Å². The van der Waals surface area contributed by atoms with Gasteiger partial charge in [0, 0.05) is 0 Å². The number of hydrogen-bond donors (Lipinski definition) is 2. The van der Waals surface area contributed by atoms with Crippen molar-refractivity contribution in [1.82, 2.24) is 5.32 Å². The number of nitrogens with one attached hydrogen (secondary N) is 2. The summed E-state index contributed by atoms with van der Waals surface area (Å²) in [6, 6.07) is 11.5. The fourth-order valence-electron chi connectivity index (χ4n) is 3.47. The molecular weight excluding hydrogens is 340 g/mol. The average Bonchev–Trinajstić information content (AvgIpc) is 2.67. The third-order valence-electron chi connectivity index (χ3n) is 5.03. The van der Waals surface area contributed by atoms with E-state index in [1.165, 1.54) is 31.1 Å². The highest BCUT2D eigenvalue weighted by atomic mass is 16.5. The van der Waals surface area contributed by atoms with Crippen molar-refractivity contribution in [1.29, 1.82) is 0 Å². The summed E-state index contributed by atoms with van der Waals surface area (Å²) in [4.78, 5) is 24.7. The number of rotatable bonds is 4. The maximum atomic E-state index is 12.3. The molecule has 1 atom stereocenters. The Bertz CT molecular complexity index is 861. The van der Waals surface area contributed by atoms with Gasteiger partial charge in [0.25, 0.3) is 0 Å². The third-order valence-corrected chi connectivity index (χ3v) is 5.03. The molecule has 5 nitrogen and oxygen atoms in total. The predicted molar refractivity (Wildman–Crippen MR) is 106 cm³/mol. The zero-order valence-corrected chi connectivity index (χ0v) is 16.1. The lowest BCUT2D eigenvalue weighted by molar-refractivity contribution is -0.136. The van der Waals surface area contributed by atoms with Crippen LogP contribution in [0.15, 0.2) is 36.4 Å². The van der Waals surface area contributed by atoms with E-state index >= 15 is 0 Å². The van der Waals surface area contributed by atoms with E-state index in [0.29, 0.717) is 11.4 Å². The molecule has 2 N–H and O–H groups in total. The molecule has 3 rings (SSSR count). The summed E-state index contributed by atoms with van der Waals surface area (Å²) in [6.07, 6.45) is 4.65. The highest BCUT2D eigenvalue weighted by Gasteiger charge is 2.20. The number of ether oxygens (including phenoxy) is 1. The van der Waals surface area contributed by atoms with Crippen molar-refractivity contribution in [3.05, 3.63) is 58.7 Å². The molecule has 0 saturated heterocycles. The van der Waals surface area contributed by atoms with E-state index in [9.17, 15) is 9.59 Å². The van der Waals surface area contributed by atoms with E-state index in [2.05, 4.69) is 22.8 Å². The van der Waals surface area contributed by atoms with Gasteiger partial charge in [-0.25, -0.2) is 0 Å². The molecule has 0 bridgehead atoms. The molecule has 1 aliphatic carbocycles. The molecule has 1 aliphatic rings. The van der Waals surface area contributed by atoms with Gasteiger partial charge in [-0.05, 0) is 73.9 Å². The van der Waals surface area contributed by atoms with Crippen molar-refractivity contribution >= 4 is 17.5 Å². The summed E-state index contributed by atoms with van der Waals surface area (Å²) >= 11 is 0. The van der Waals surface area contributed by atoms with Crippen LogP contribution in [0.25, 0.3) is 0 Å². The Morgan fingerprint density at radius 1 is 1.00 bits per heavy atom. The van der Waals surface area contributed by atoms with Gasteiger partial charge in [-0.3, -0.25) is 9.59 Å². The largest absolute Gasteiger partial charge is 0.495 e. The van der Waals surface area contributed by atoms with Crippen LogP contribution in [0, 0.1) is 6.92 Å². The summed E-state index contributed by atoms with van der Waals surface area (Å²) in [5, 5.41) is 5.42. The second kappa shape index (κ2) is 8.25. The standard InChI is InChI=1S/C22H26N2O3/c1-14-8-11-20(27-3)19(12-14)24-22(26)21(25)23-15(2)17-10-9-16-6-4-5-7-18(16)13-17/h8-13,15H,4-7H2,1-3H3,(H,23,25)(H,24,26). The predicted octanol–water partition coefficient (Wildman–Crippen LogP) is 3.70. The van der Waals surface area contributed by atoms with Gasteiger partial charge in [0.15, 0.2) is 0 Å². The van der Waals surface area contributed by atoms with E-state index in [1.807, 2.05) is 26.0 Å². The normalized spacial score (nSPS) is 14.0. The number of carbonyl (C=O) groups is 2. The molecule has 5 heteroatoms. The fraction of sp³-hybridized carbons (Fsp3) is 0.364. The van der Waals surface area contributed by atoms with Crippen molar-refractivity contribution in [2.24, 2.45) is 0 Å². The number of amides is 2. The number of carbonyl (C=O) groups excluding carboxylic acids is 2. The maximum Gasteiger partial charge on any atom is 0.313 e. The molecule has 2 aromatic rings. The third kappa shape index (κ3) is 4.48. The number of anilines is 1. The van der Waals surface area contributed by atoms with E-state index < -0.39 is 11.8 Å². The molecular formula is C22H26N2O3. The number of aryl methyl sites for hydroxylation is 3. The van der Waals surface area contributed by atoms with Crippen LogP contribution in [0.1, 0.15) is 48.1 Å². The Labute approximate surface area is 160 Å². The molecule has 0 aliphatic heterocycles. The van der Waals surface area contributed by atoms with Gasteiger partial charge < -0.3 is 15.4 Å². The average molecular weight is 366 g/mol. The molecule has 1 unspecified atom stereocenters. The molecule has 142 valence electrons. The summed E-state index contributed by atoms with van der Waals surface area (Å²) in [5.41, 5.74) is 5.22. The van der Waals surface area contributed by atoms with Crippen molar-refractivity contribution in [3.8, 4) is 5.75 Å². The van der Waals surface area contributed by atoms with Gasteiger partial charge in [0.05, 0.1) is 18.8 Å². The Balaban J connectivity index is 1.66. The van der Waals surface area contributed by atoms with Gasteiger partial charge in [-0.2, -0.15) is 0 Å². The lowest BCUT2D eigenvalue weighted by Gasteiger charge is -2.20. The second-order valence-electron chi connectivity index (χ2n) is 7.09. The van der Waals surface area contributed by atoms with Gasteiger partial charge in [0.2, 0.25) is 0 Å². The minimum Gasteiger partial charge on any atom is -0.495 e. The fourth-order valence-corrected chi connectivity index (χ4v) is 3.47. The Kier molecular flexibility index (Phi) is 5.79. The van der Waals surface area contributed by atoms with Crippen LogP contribution >= 0.6 is 0 Å². The van der Waals surface area contributed by atoms with E-state index in [4.69, 9.17) is 4.74 Å². The van der Waals surface area contributed by atoms with Gasteiger partial charge in [-0.1, -0.05) is 24.3 Å². The smallest absolute Gasteiger partial charge is 0.313 e. The van der Waals surface area contributed by atoms with Crippen LogP contribution in [0.2, 0.25) is 0 Å². The molecule has 0 spiro atoms. The Morgan fingerprint density at radius 2 is 1.74 bits per heavy atom. The lowest BCUT2D eigenvalue weighted by Crippen LogP contribution is -2.37. The summed E-state index contributed by atoms with van der Waals surface area (Å²) in [6.45, 7) is 3.80. The molecule has 0 aromatic heterocycles. The van der Waals surface area contributed by atoms with Crippen LogP contribution in [0.3, 0.4) is 0 Å². The van der Waals surface area contributed by atoms with Crippen LogP contribution in [0.5, 0.6) is 5.75 Å². The van der Waals surface area contributed by atoms with E-state index in [-0.39, 0.29) is 6.04 Å². The molecule has 27 heavy (non-hydrogen) atoms. The minimum atomic E-state index is -0.705. The maximum absolute atomic E-state index is 12.3. The molecule has 0 fully saturated rings. The molecule has 0 saturated carbocycles. The molecule has 0 heterocycles. The van der Waals surface area contributed by atoms with Crippen molar-refractivity contribution in [2.45, 2.75) is 45.6 Å². The number of methoxy groups -OCH3 is 1.